The summed E-state index contributed by atoms with van der Waals surface area (Å²) in [5, 5.41) is 13.9. The maximum atomic E-state index is 10.5. The van der Waals surface area contributed by atoms with Crippen molar-refractivity contribution in [3.63, 3.8) is 0 Å². The van der Waals surface area contributed by atoms with Gasteiger partial charge in [0.2, 0.25) is 0 Å². The molecule has 0 atom stereocenters. The van der Waals surface area contributed by atoms with Crippen molar-refractivity contribution in [1.29, 1.82) is 0 Å². The maximum Gasteiger partial charge on any atom is 0.123 e. The Kier molecular flexibility index (Phi) is 5.44. The van der Waals surface area contributed by atoms with Gasteiger partial charge in [0.25, 0.3) is 0 Å². The molecule has 20 heavy (non-hydrogen) atoms. The van der Waals surface area contributed by atoms with Crippen molar-refractivity contribution in [3.05, 3.63) is 29.8 Å². The van der Waals surface area contributed by atoms with Crippen molar-refractivity contribution in [1.82, 2.24) is 5.32 Å². The number of hydrogen-bond acceptors (Lipinski definition) is 3. The number of nitrogens with one attached hydrogen (secondary N) is 1. The summed E-state index contributed by atoms with van der Waals surface area (Å²) in [5.74, 6) is 1.70. The maximum absolute atomic E-state index is 10.5. The van der Waals surface area contributed by atoms with Gasteiger partial charge < -0.3 is 15.2 Å². The smallest absolute Gasteiger partial charge is 0.123 e. The normalized spacial score (nSPS) is 26.4. The average molecular weight is 277 g/mol. The van der Waals surface area contributed by atoms with Crippen LogP contribution in [0.5, 0.6) is 5.75 Å². The minimum absolute atomic E-state index is 0.521. The Balaban J connectivity index is 1.83. The zero-order valence-electron chi connectivity index (χ0n) is 12.7. The summed E-state index contributed by atoms with van der Waals surface area (Å²) in [6.45, 7) is 6.36. The highest BCUT2D eigenvalue weighted by atomic mass is 16.5. The lowest BCUT2D eigenvalue weighted by atomic mass is 9.79. The van der Waals surface area contributed by atoms with Crippen LogP contribution in [0.3, 0.4) is 0 Å². The molecule has 1 aromatic rings. The van der Waals surface area contributed by atoms with Gasteiger partial charge in [0.15, 0.2) is 0 Å². The minimum atomic E-state index is -0.521. The Morgan fingerprint density at radius 3 is 2.70 bits per heavy atom. The van der Waals surface area contributed by atoms with Gasteiger partial charge in [-0.25, -0.2) is 0 Å². The van der Waals surface area contributed by atoms with Crippen LogP contribution in [-0.2, 0) is 6.54 Å². The molecule has 0 unspecified atom stereocenters. The summed E-state index contributed by atoms with van der Waals surface area (Å²) in [5.41, 5.74) is 0.634. The van der Waals surface area contributed by atoms with E-state index in [1.54, 1.807) is 0 Å². The van der Waals surface area contributed by atoms with Gasteiger partial charge in [0.05, 0.1) is 12.2 Å². The first-order valence-electron chi connectivity index (χ1n) is 7.77. The van der Waals surface area contributed by atoms with E-state index >= 15 is 0 Å². The van der Waals surface area contributed by atoms with Crippen LogP contribution < -0.4 is 10.1 Å². The minimum Gasteiger partial charge on any atom is -0.494 e. The summed E-state index contributed by atoms with van der Waals surface area (Å²) in [4.78, 5) is 0. The molecule has 0 aromatic heterocycles. The van der Waals surface area contributed by atoms with Crippen molar-refractivity contribution < 1.29 is 9.84 Å². The molecular weight excluding hydrogens is 250 g/mol. The van der Waals surface area contributed by atoms with Crippen LogP contribution in [0.4, 0.5) is 0 Å². The second-order valence-electron chi connectivity index (χ2n) is 6.05. The summed E-state index contributed by atoms with van der Waals surface area (Å²) in [6, 6.07) is 8.09. The van der Waals surface area contributed by atoms with E-state index < -0.39 is 5.60 Å². The Hall–Kier alpha value is -1.06. The molecule has 2 N–H and O–H groups in total. The first-order valence-corrected chi connectivity index (χ1v) is 7.77. The number of benzene rings is 1. The van der Waals surface area contributed by atoms with Crippen LogP contribution in [0.25, 0.3) is 0 Å². The van der Waals surface area contributed by atoms with Gasteiger partial charge in [-0.15, -0.1) is 0 Å². The van der Waals surface area contributed by atoms with Crippen LogP contribution in [0.2, 0.25) is 0 Å². The van der Waals surface area contributed by atoms with Crippen molar-refractivity contribution in [3.8, 4) is 5.75 Å². The molecule has 1 saturated carbocycles. The molecule has 3 nitrogen and oxygen atoms in total. The summed E-state index contributed by atoms with van der Waals surface area (Å²) in [7, 11) is 0. The predicted octanol–water partition coefficient (Wildman–Crippen LogP) is 3.12. The lowest BCUT2D eigenvalue weighted by molar-refractivity contribution is -0.00633. The van der Waals surface area contributed by atoms with Gasteiger partial charge in [-0.2, -0.15) is 0 Å². The van der Waals surface area contributed by atoms with E-state index in [1.165, 1.54) is 0 Å². The molecule has 0 aliphatic heterocycles. The molecule has 1 aliphatic rings. The van der Waals surface area contributed by atoms with E-state index in [0.717, 1.165) is 49.5 Å². The third kappa shape index (κ3) is 4.22. The van der Waals surface area contributed by atoms with E-state index in [2.05, 4.69) is 18.3 Å². The zero-order valence-corrected chi connectivity index (χ0v) is 12.7. The molecule has 112 valence electrons. The topological polar surface area (TPSA) is 41.5 Å². The Labute approximate surface area is 122 Å². The van der Waals surface area contributed by atoms with Crippen LogP contribution >= 0.6 is 0 Å². The third-order valence-electron chi connectivity index (χ3n) is 4.25. The fourth-order valence-corrected chi connectivity index (χ4v) is 2.85. The molecule has 0 amide bonds. The van der Waals surface area contributed by atoms with Gasteiger partial charge in [-0.05, 0) is 44.6 Å². The third-order valence-corrected chi connectivity index (χ3v) is 4.25. The molecule has 0 heterocycles. The summed E-state index contributed by atoms with van der Waals surface area (Å²) >= 11 is 0. The molecule has 0 saturated heterocycles. The number of rotatable bonds is 6. The standard InChI is InChI=1S/C17H27NO2/c1-3-20-16-7-5-4-6-15(16)12-18-13-17(19)10-8-14(2)9-11-17/h4-7,14,18-19H,3,8-13H2,1-2H3. The Morgan fingerprint density at radius 2 is 2.00 bits per heavy atom. The molecule has 1 aromatic carbocycles. The molecule has 1 fully saturated rings. The Bertz CT molecular complexity index is 411. The predicted molar refractivity (Wildman–Crippen MR) is 81.9 cm³/mol. The van der Waals surface area contributed by atoms with Crippen molar-refractivity contribution in [2.75, 3.05) is 13.2 Å². The number of aliphatic hydroxyl groups is 1. The highest BCUT2D eigenvalue weighted by Gasteiger charge is 2.31. The fraction of sp³-hybridized carbons (Fsp3) is 0.647. The first kappa shape index (κ1) is 15.3. The van der Waals surface area contributed by atoms with E-state index in [9.17, 15) is 5.11 Å². The molecule has 0 bridgehead atoms. The number of hydrogen-bond donors (Lipinski definition) is 2. The van der Waals surface area contributed by atoms with Crippen LogP contribution in [0.1, 0.15) is 45.1 Å². The quantitative estimate of drug-likeness (QED) is 0.839. The summed E-state index contributed by atoms with van der Waals surface area (Å²) < 4.78 is 5.62. The molecule has 2 rings (SSSR count). The fourth-order valence-electron chi connectivity index (χ4n) is 2.85. The monoisotopic (exact) mass is 277 g/mol. The number of para-hydroxylation sites is 1. The van der Waals surface area contributed by atoms with Gasteiger partial charge in [-0.3, -0.25) is 0 Å². The molecule has 0 radical (unpaired) electrons. The van der Waals surface area contributed by atoms with Crippen LogP contribution in [-0.4, -0.2) is 23.9 Å². The van der Waals surface area contributed by atoms with Crippen LogP contribution in [0, 0.1) is 5.92 Å². The average Bonchev–Trinajstić information content (AvgIpc) is 2.45. The SMILES string of the molecule is CCOc1ccccc1CNCC1(O)CCC(C)CC1. The molecule has 1 aliphatic carbocycles. The second-order valence-corrected chi connectivity index (χ2v) is 6.05. The van der Waals surface area contributed by atoms with Crippen LogP contribution in [0.15, 0.2) is 24.3 Å². The lowest BCUT2D eigenvalue weighted by Gasteiger charge is -2.35. The van der Waals surface area contributed by atoms with E-state index in [-0.39, 0.29) is 0 Å². The lowest BCUT2D eigenvalue weighted by Crippen LogP contribution is -2.43. The van der Waals surface area contributed by atoms with E-state index in [1.807, 2.05) is 25.1 Å². The van der Waals surface area contributed by atoms with Gasteiger partial charge in [0, 0.05) is 18.7 Å². The van der Waals surface area contributed by atoms with Crippen molar-refractivity contribution >= 4 is 0 Å². The van der Waals surface area contributed by atoms with Gasteiger partial charge in [-0.1, -0.05) is 25.1 Å². The summed E-state index contributed by atoms with van der Waals surface area (Å²) in [6.07, 6.45) is 4.09. The van der Waals surface area contributed by atoms with Gasteiger partial charge >= 0.3 is 0 Å². The molecule has 0 spiro atoms. The Morgan fingerprint density at radius 1 is 1.30 bits per heavy atom. The zero-order chi connectivity index (χ0) is 14.4. The first-order chi connectivity index (χ1) is 9.63. The molecular formula is C17H27NO2. The van der Waals surface area contributed by atoms with E-state index in [4.69, 9.17) is 4.74 Å². The van der Waals surface area contributed by atoms with Crippen molar-refractivity contribution in [2.45, 2.75) is 51.7 Å². The highest BCUT2D eigenvalue weighted by molar-refractivity contribution is 5.33. The highest BCUT2D eigenvalue weighted by Crippen LogP contribution is 2.31. The van der Waals surface area contributed by atoms with Gasteiger partial charge in [0.1, 0.15) is 5.75 Å². The van der Waals surface area contributed by atoms with E-state index in [0.29, 0.717) is 13.2 Å². The largest absolute Gasteiger partial charge is 0.494 e. The molecule has 3 heteroatoms. The van der Waals surface area contributed by atoms with Crippen molar-refractivity contribution in [2.24, 2.45) is 5.92 Å². The number of ether oxygens (including phenoxy) is 1. The second kappa shape index (κ2) is 7.09.